The number of aromatic amines is 1. The zero-order valence-electron chi connectivity index (χ0n) is 23.5. The van der Waals surface area contributed by atoms with Gasteiger partial charge in [-0.05, 0) is 55.0 Å². The van der Waals surface area contributed by atoms with Gasteiger partial charge in [-0.1, -0.05) is 30.3 Å². The summed E-state index contributed by atoms with van der Waals surface area (Å²) in [5.41, 5.74) is 13.7. The van der Waals surface area contributed by atoms with E-state index in [1.807, 2.05) is 24.3 Å². The number of nitrogens with zero attached hydrogens (tertiary/aromatic N) is 1. The molecule has 3 aromatic rings. The molecule has 0 bridgehead atoms. The zero-order valence-corrected chi connectivity index (χ0v) is 23.5. The molecule has 0 aliphatic carbocycles. The highest BCUT2D eigenvalue weighted by molar-refractivity contribution is 5.95. The first-order chi connectivity index (χ1) is 20.5. The highest BCUT2D eigenvalue weighted by atomic mass is 16.4. The highest BCUT2D eigenvalue weighted by Crippen LogP contribution is 2.22. The van der Waals surface area contributed by atoms with Gasteiger partial charge in [-0.25, -0.2) is 4.79 Å². The number of phenolic OH excluding ortho intramolecular Hbond substituents is 1. The molecule has 1 aromatic heterocycles. The molecular weight excluding hydrogens is 556 g/mol. The maximum atomic E-state index is 13.6. The number of hydrogen-bond donors (Lipinski definition) is 7. The largest absolute Gasteiger partial charge is 0.508 e. The number of H-pyrrole nitrogens is 1. The van der Waals surface area contributed by atoms with E-state index in [1.54, 1.807) is 18.3 Å². The lowest BCUT2D eigenvalue weighted by atomic mass is 10.0. The number of amides is 4. The molecule has 2 heterocycles. The quantitative estimate of drug-likeness (QED) is 0.146. The van der Waals surface area contributed by atoms with Crippen molar-refractivity contribution in [2.45, 2.75) is 62.7 Å². The van der Waals surface area contributed by atoms with Crippen LogP contribution in [0.25, 0.3) is 10.9 Å². The first-order valence-corrected chi connectivity index (χ1v) is 14.0. The number of nitrogens with two attached hydrogens (primary N) is 2. The van der Waals surface area contributed by atoms with Crippen LogP contribution in [-0.2, 0) is 36.8 Å². The van der Waals surface area contributed by atoms with Crippen LogP contribution in [0.2, 0.25) is 0 Å². The molecule has 13 heteroatoms. The Kier molecular flexibility index (Phi) is 9.99. The van der Waals surface area contributed by atoms with Crippen LogP contribution in [0.15, 0.2) is 54.7 Å². The molecule has 1 aliphatic rings. The van der Waals surface area contributed by atoms with E-state index in [4.69, 9.17) is 11.5 Å². The Morgan fingerprint density at radius 2 is 1.72 bits per heavy atom. The van der Waals surface area contributed by atoms with Crippen molar-refractivity contribution in [3.63, 3.8) is 0 Å². The number of hydrogen-bond acceptors (Lipinski definition) is 7. The lowest BCUT2D eigenvalue weighted by molar-refractivity contribution is -0.143. The Bertz CT molecular complexity index is 1490. The predicted molar refractivity (Wildman–Crippen MR) is 156 cm³/mol. The number of aromatic nitrogens is 1. The molecule has 4 atom stereocenters. The molecule has 0 spiro atoms. The monoisotopic (exact) mass is 592 g/mol. The highest BCUT2D eigenvalue weighted by Gasteiger charge is 2.38. The number of carboxylic acids is 1. The van der Waals surface area contributed by atoms with Gasteiger partial charge in [0.2, 0.25) is 23.6 Å². The summed E-state index contributed by atoms with van der Waals surface area (Å²) in [5, 5.41) is 25.1. The Morgan fingerprint density at radius 1 is 1.00 bits per heavy atom. The molecule has 1 saturated heterocycles. The van der Waals surface area contributed by atoms with Crippen molar-refractivity contribution in [1.29, 1.82) is 0 Å². The van der Waals surface area contributed by atoms with Gasteiger partial charge in [0.25, 0.3) is 0 Å². The summed E-state index contributed by atoms with van der Waals surface area (Å²) in [6, 6.07) is 9.35. The average molecular weight is 593 g/mol. The number of likely N-dealkylation sites (tertiary alicyclic amines) is 1. The minimum atomic E-state index is -1.40. The van der Waals surface area contributed by atoms with Crippen LogP contribution in [-0.4, -0.2) is 80.4 Å². The van der Waals surface area contributed by atoms with Crippen LogP contribution in [0, 0.1) is 0 Å². The number of benzene rings is 2. The minimum Gasteiger partial charge on any atom is -0.508 e. The van der Waals surface area contributed by atoms with Crippen molar-refractivity contribution < 1.29 is 34.2 Å². The Hall–Kier alpha value is -4.91. The Labute approximate surface area is 247 Å². The summed E-state index contributed by atoms with van der Waals surface area (Å²) in [5.74, 6) is -3.70. The zero-order chi connectivity index (χ0) is 31.1. The molecule has 4 rings (SSSR count). The number of carboxylic acid groups (broad SMARTS) is 1. The van der Waals surface area contributed by atoms with Gasteiger partial charge in [0.05, 0.1) is 6.04 Å². The second kappa shape index (κ2) is 13.8. The van der Waals surface area contributed by atoms with Gasteiger partial charge in [0.1, 0.15) is 23.9 Å². The SMILES string of the molecule is NC(=O)CCC(NC(=O)C(Cc1c[nH]c2ccccc12)NC(=O)C1CCCN1C(=O)C(N)Cc1ccc(O)cc1)C(=O)O. The molecule has 1 fully saturated rings. The molecule has 228 valence electrons. The minimum absolute atomic E-state index is 0.0325. The maximum absolute atomic E-state index is 13.6. The van der Waals surface area contributed by atoms with Crippen molar-refractivity contribution in [2.75, 3.05) is 6.54 Å². The molecular formula is C30H36N6O7. The van der Waals surface area contributed by atoms with E-state index in [0.717, 1.165) is 22.0 Å². The summed E-state index contributed by atoms with van der Waals surface area (Å²) in [7, 11) is 0. The van der Waals surface area contributed by atoms with Crippen LogP contribution in [0.4, 0.5) is 0 Å². The van der Waals surface area contributed by atoms with Crippen LogP contribution in [0.5, 0.6) is 5.75 Å². The third-order valence-electron chi connectivity index (χ3n) is 7.57. The third-order valence-corrected chi connectivity index (χ3v) is 7.57. The van der Waals surface area contributed by atoms with Gasteiger partial charge in [-0.15, -0.1) is 0 Å². The number of carbonyl (C=O) groups is 5. The fourth-order valence-corrected chi connectivity index (χ4v) is 5.30. The van der Waals surface area contributed by atoms with Crippen molar-refractivity contribution in [3.05, 3.63) is 65.9 Å². The first kappa shape index (κ1) is 31.0. The second-order valence-corrected chi connectivity index (χ2v) is 10.7. The van der Waals surface area contributed by atoms with E-state index in [9.17, 15) is 34.2 Å². The normalized spacial score (nSPS) is 16.8. The number of aliphatic carboxylic acids is 1. The number of para-hydroxylation sites is 1. The molecule has 13 nitrogen and oxygen atoms in total. The number of aromatic hydroxyl groups is 1. The molecule has 1 aliphatic heterocycles. The Balaban J connectivity index is 1.51. The molecule has 2 aromatic carbocycles. The molecule has 0 saturated carbocycles. The van der Waals surface area contributed by atoms with E-state index >= 15 is 0 Å². The number of fused-ring (bicyclic) bond motifs is 1. The van der Waals surface area contributed by atoms with E-state index in [0.29, 0.717) is 19.4 Å². The average Bonchev–Trinajstić information content (AvgIpc) is 3.63. The molecule has 4 unspecified atom stereocenters. The first-order valence-electron chi connectivity index (χ1n) is 14.0. The van der Waals surface area contributed by atoms with Gasteiger partial charge in [0, 0.05) is 36.5 Å². The summed E-state index contributed by atoms with van der Waals surface area (Å²) in [4.78, 5) is 67.9. The number of rotatable bonds is 13. The smallest absolute Gasteiger partial charge is 0.326 e. The van der Waals surface area contributed by atoms with Gasteiger partial charge in [-0.3, -0.25) is 19.2 Å². The molecule has 43 heavy (non-hydrogen) atoms. The lowest BCUT2D eigenvalue weighted by Crippen LogP contribution is -2.57. The summed E-state index contributed by atoms with van der Waals surface area (Å²) in [6.45, 7) is 0.313. The maximum Gasteiger partial charge on any atom is 0.326 e. The fraction of sp³-hybridized carbons (Fsp3) is 0.367. The van der Waals surface area contributed by atoms with Gasteiger partial charge < -0.3 is 42.2 Å². The molecule has 4 amide bonds. The van der Waals surface area contributed by atoms with Crippen LogP contribution < -0.4 is 22.1 Å². The standard InChI is InChI=1S/C30H36N6O7/c31-21(14-17-7-9-19(37)10-8-17)29(41)36-13-3-6-25(36)28(40)35-24(15-18-16-33-22-5-2-1-4-20(18)22)27(39)34-23(30(42)43)11-12-26(32)38/h1-2,4-5,7-10,16,21,23-25,33,37H,3,6,11-15,31H2,(H2,32,38)(H,34,39)(H,35,40)(H,42,43). The summed E-state index contributed by atoms with van der Waals surface area (Å²) >= 11 is 0. The van der Waals surface area contributed by atoms with E-state index in [-0.39, 0.29) is 31.4 Å². The van der Waals surface area contributed by atoms with E-state index < -0.39 is 53.8 Å². The van der Waals surface area contributed by atoms with Gasteiger partial charge in [0.15, 0.2) is 0 Å². The van der Waals surface area contributed by atoms with E-state index in [1.165, 1.54) is 17.0 Å². The Morgan fingerprint density at radius 3 is 2.42 bits per heavy atom. The van der Waals surface area contributed by atoms with Crippen LogP contribution in [0.3, 0.4) is 0 Å². The van der Waals surface area contributed by atoms with Crippen molar-refractivity contribution in [3.8, 4) is 5.75 Å². The topological polar surface area (TPSA) is 221 Å². The molecule has 0 radical (unpaired) electrons. The van der Waals surface area contributed by atoms with Gasteiger partial charge in [-0.2, -0.15) is 0 Å². The lowest BCUT2D eigenvalue weighted by Gasteiger charge is -2.28. The fourth-order valence-electron chi connectivity index (χ4n) is 5.30. The second-order valence-electron chi connectivity index (χ2n) is 10.7. The summed E-state index contributed by atoms with van der Waals surface area (Å²) < 4.78 is 0. The van der Waals surface area contributed by atoms with Crippen molar-refractivity contribution in [1.82, 2.24) is 20.5 Å². The number of phenols is 1. The van der Waals surface area contributed by atoms with Gasteiger partial charge >= 0.3 is 5.97 Å². The predicted octanol–water partition coefficient (Wildman–Crippen LogP) is 0.297. The number of primary amides is 1. The van der Waals surface area contributed by atoms with E-state index in [2.05, 4.69) is 15.6 Å². The van der Waals surface area contributed by atoms with Crippen molar-refractivity contribution >= 4 is 40.5 Å². The number of nitrogens with one attached hydrogen (secondary N) is 3. The van der Waals surface area contributed by atoms with Crippen LogP contribution >= 0.6 is 0 Å². The molecule has 9 N–H and O–H groups in total. The third kappa shape index (κ3) is 7.89. The number of carbonyl (C=O) groups excluding carboxylic acids is 4. The summed E-state index contributed by atoms with van der Waals surface area (Å²) in [6.07, 6.45) is 2.41. The van der Waals surface area contributed by atoms with Crippen LogP contribution in [0.1, 0.15) is 36.8 Å². The van der Waals surface area contributed by atoms with Crippen molar-refractivity contribution in [2.24, 2.45) is 11.5 Å².